The lowest BCUT2D eigenvalue weighted by molar-refractivity contribution is -0.124. The first-order chi connectivity index (χ1) is 13.9. The van der Waals surface area contributed by atoms with Crippen LogP contribution in [0.3, 0.4) is 0 Å². The minimum atomic E-state index is -0.298. The number of anilines is 1. The average Bonchev–Trinajstić information content (AvgIpc) is 2.72. The lowest BCUT2D eigenvalue weighted by Crippen LogP contribution is -2.33. The number of carbonyl (C=O) groups is 3. The quantitative estimate of drug-likeness (QED) is 0.702. The Morgan fingerprint density at radius 3 is 2.28 bits per heavy atom. The molecular formula is C24H28N2O3. The van der Waals surface area contributed by atoms with Crippen molar-refractivity contribution in [1.82, 2.24) is 5.32 Å². The number of Topliss-reactive ketones (excluding diaryl/α,β-unsaturated/α-hetero) is 1. The second-order valence-corrected chi connectivity index (χ2v) is 7.71. The van der Waals surface area contributed by atoms with E-state index in [1.165, 1.54) is 17.5 Å². The lowest BCUT2D eigenvalue weighted by atomic mass is 9.89. The number of aryl methyl sites for hydroxylation is 4. The molecule has 5 nitrogen and oxygen atoms in total. The van der Waals surface area contributed by atoms with Crippen molar-refractivity contribution in [2.45, 2.75) is 52.4 Å². The molecule has 0 fully saturated rings. The molecule has 0 aromatic heterocycles. The first kappa shape index (κ1) is 20.8. The van der Waals surface area contributed by atoms with Gasteiger partial charge < -0.3 is 10.6 Å². The fraction of sp³-hybridized carbons (Fsp3) is 0.375. The monoisotopic (exact) mass is 392 g/mol. The summed E-state index contributed by atoms with van der Waals surface area (Å²) in [6, 6.07) is 11.7. The molecule has 2 amide bonds. The summed E-state index contributed by atoms with van der Waals surface area (Å²) in [5, 5.41) is 5.43. The zero-order valence-corrected chi connectivity index (χ0v) is 17.1. The Morgan fingerprint density at radius 1 is 0.862 bits per heavy atom. The van der Waals surface area contributed by atoms with Crippen LogP contribution in [0.1, 0.15) is 58.3 Å². The minimum Gasteiger partial charge on any atom is -0.347 e. The molecule has 3 rings (SSSR count). The average molecular weight is 392 g/mol. The standard InChI is InChI=1S/C24H28N2O3/c1-16-6-5-7-17(2)24(16)26-23(29)15-25-22(28)13-12-21(27)20-11-10-18-8-3-4-9-19(18)14-20/h5-7,10-11,14H,3-4,8-9,12-13,15H2,1-2H3,(H,25,28)(H,26,29). The summed E-state index contributed by atoms with van der Waals surface area (Å²) < 4.78 is 0. The summed E-state index contributed by atoms with van der Waals surface area (Å²) in [7, 11) is 0. The van der Waals surface area contributed by atoms with Gasteiger partial charge in [0.2, 0.25) is 11.8 Å². The number of fused-ring (bicyclic) bond motifs is 1. The smallest absolute Gasteiger partial charge is 0.243 e. The van der Waals surface area contributed by atoms with Gasteiger partial charge in [-0.2, -0.15) is 0 Å². The normalized spacial score (nSPS) is 12.8. The number of hydrogen-bond donors (Lipinski definition) is 2. The molecule has 0 spiro atoms. The summed E-state index contributed by atoms with van der Waals surface area (Å²) >= 11 is 0. The molecule has 0 radical (unpaired) electrons. The molecule has 0 aliphatic heterocycles. The Labute approximate surface area is 171 Å². The van der Waals surface area contributed by atoms with Crippen LogP contribution in [0.5, 0.6) is 0 Å². The maximum absolute atomic E-state index is 12.4. The van der Waals surface area contributed by atoms with E-state index in [0.717, 1.165) is 36.1 Å². The third kappa shape index (κ3) is 5.53. The molecule has 152 valence electrons. The number of ketones is 1. The van der Waals surface area contributed by atoms with Gasteiger partial charge in [0.25, 0.3) is 0 Å². The van der Waals surface area contributed by atoms with E-state index in [1.807, 2.05) is 50.2 Å². The van der Waals surface area contributed by atoms with E-state index in [2.05, 4.69) is 10.6 Å². The van der Waals surface area contributed by atoms with Crippen molar-refractivity contribution in [3.8, 4) is 0 Å². The zero-order chi connectivity index (χ0) is 20.8. The van der Waals surface area contributed by atoms with Gasteiger partial charge in [-0.1, -0.05) is 30.3 Å². The maximum atomic E-state index is 12.4. The van der Waals surface area contributed by atoms with Gasteiger partial charge >= 0.3 is 0 Å². The molecule has 0 unspecified atom stereocenters. The van der Waals surface area contributed by atoms with Crippen LogP contribution < -0.4 is 10.6 Å². The van der Waals surface area contributed by atoms with Crippen molar-refractivity contribution in [3.63, 3.8) is 0 Å². The number of para-hydroxylation sites is 1. The van der Waals surface area contributed by atoms with Gasteiger partial charge in [0.15, 0.2) is 5.78 Å². The fourth-order valence-corrected chi connectivity index (χ4v) is 3.74. The number of carbonyl (C=O) groups excluding carboxylic acids is 3. The van der Waals surface area contributed by atoms with Gasteiger partial charge in [-0.3, -0.25) is 14.4 Å². The summed E-state index contributed by atoms with van der Waals surface area (Å²) in [6.07, 6.45) is 4.69. The molecule has 0 saturated heterocycles. The highest BCUT2D eigenvalue weighted by atomic mass is 16.2. The number of rotatable bonds is 7. The van der Waals surface area contributed by atoms with E-state index >= 15 is 0 Å². The third-order valence-electron chi connectivity index (χ3n) is 5.44. The Bertz CT molecular complexity index is 913. The van der Waals surface area contributed by atoms with Crippen LogP contribution in [-0.2, 0) is 22.4 Å². The molecular weight excluding hydrogens is 364 g/mol. The highest BCUT2D eigenvalue weighted by Gasteiger charge is 2.15. The summed E-state index contributed by atoms with van der Waals surface area (Å²) in [5.41, 5.74) is 5.98. The van der Waals surface area contributed by atoms with E-state index in [9.17, 15) is 14.4 Å². The Balaban J connectivity index is 1.45. The van der Waals surface area contributed by atoms with Crippen molar-refractivity contribution >= 4 is 23.3 Å². The maximum Gasteiger partial charge on any atom is 0.243 e. The van der Waals surface area contributed by atoms with E-state index in [0.29, 0.717) is 5.56 Å². The number of nitrogens with one attached hydrogen (secondary N) is 2. The number of amides is 2. The molecule has 2 aromatic carbocycles. The highest BCUT2D eigenvalue weighted by Crippen LogP contribution is 2.23. The van der Waals surface area contributed by atoms with Crippen molar-refractivity contribution in [2.75, 3.05) is 11.9 Å². The molecule has 1 aliphatic carbocycles. The Hall–Kier alpha value is -2.95. The first-order valence-corrected chi connectivity index (χ1v) is 10.2. The van der Waals surface area contributed by atoms with Gasteiger partial charge in [-0.25, -0.2) is 0 Å². The molecule has 0 saturated carbocycles. The molecule has 2 aromatic rings. The first-order valence-electron chi connectivity index (χ1n) is 10.2. The van der Waals surface area contributed by atoms with Crippen molar-refractivity contribution in [2.24, 2.45) is 0 Å². The molecule has 0 bridgehead atoms. The fourth-order valence-electron chi connectivity index (χ4n) is 3.74. The van der Waals surface area contributed by atoms with Crippen LogP contribution in [0, 0.1) is 13.8 Å². The summed E-state index contributed by atoms with van der Waals surface area (Å²) in [4.78, 5) is 36.6. The summed E-state index contributed by atoms with van der Waals surface area (Å²) in [5.74, 6) is -0.613. The molecule has 2 N–H and O–H groups in total. The van der Waals surface area contributed by atoms with Crippen LogP contribution in [0.25, 0.3) is 0 Å². The second kappa shape index (κ2) is 9.50. The van der Waals surface area contributed by atoms with Crippen molar-refractivity contribution in [1.29, 1.82) is 0 Å². The van der Waals surface area contributed by atoms with Gasteiger partial charge in [0.1, 0.15) is 0 Å². The molecule has 29 heavy (non-hydrogen) atoms. The number of hydrogen-bond acceptors (Lipinski definition) is 3. The Kier molecular flexibility index (Phi) is 6.81. The van der Waals surface area contributed by atoms with E-state index in [-0.39, 0.29) is 37.0 Å². The molecule has 0 atom stereocenters. The lowest BCUT2D eigenvalue weighted by Gasteiger charge is -2.16. The SMILES string of the molecule is Cc1cccc(C)c1NC(=O)CNC(=O)CCC(=O)c1ccc2c(c1)CCCC2. The van der Waals surface area contributed by atoms with Crippen LogP contribution >= 0.6 is 0 Å². The van der Waals surface area contributed by atoms with Gasteiger partial charge in [0, 0.05) is 24.1 Å². The number of benzene rings is 2. The topological polar surface area (TPSA) is 75.3 Å². The van der Waals surface area contributed by atoms with Gasteiger partial charge in [-0.15, -0.1) is 0 Å². The van der Waals surface area contributed by atoms with Crippen LogP contribution in [0.4, 0.5) is 5.69 Å². The van der Waals surface area contributed by atoms with Gasteiger partial charge in [-0.05, 0) is 67.9 Å². The van der Waals surface area contributed by atoms with Crippen LogP contribution in [-0.4, -0.2) is 24.1 Å². The zero-order valence-electron chi connectivity index (χ0n) is 17.1. The van der Waals surface area contributed by atoms with Crippen molar-refractivity contribution in [3.05, 3.63) is 64.2 Å². The predicted octanol–water partition coefficient (Wildman–Crippen LogP) is 3.90. The summed E-state index contributed by atoms with van der Waals surface area (Å²) in [6.45, 7) is 3.74. The van der Waals surface area contributed by atoms with E-state index in [4.69, 9.17) is 0 Å². The molecule has 0 heterocycles. The Morgan fingerprint density at radius 2 is 1.55 bits per heavy atom. The van der Waals surface area contributed by atoms with Gasteiger partial charge in [0.05, 0.1) is 6.54 Å². The van der Waals surface area contributed by atoms with Crippen LogP contribution in [0.2, 0.25) is 0 Å². The second-order valence-electron chi connectivity index (χ2n) is 7.71. The van der Waals surface area contributed by atoms with Crippen molar-refractivity contribution < 1.29 is 14.4 Å². The highest BCUT2D eigenvalue weighted by molar-refractivity contribution is 5.99. The van der Waals surface area contributed by atoms with E-state index in [1.54, 1.807) is 0 Å². The van der Waals surface area contributed by atoms with Crippen LogP contribution in [0.15, 0.2) is 36.4 Å². The molecule has 5 heteroatoms. The molecule has 1 aliphatic rings. The van der Waals surface area contributed by atoms with E-state index < -0.39 is 0 Å². The predicted molar refractivity (Wildman–Crippen MR) is 114 cm³/mol. The largest absolute Gasteiger partial charge is 0.347 e. The minimum absolute atomic E-state index is 0.0338. The third-order valence-corrected chi connectivity index (χ3v) is 5.44.